The molecule has 0 radical (unpaired) electrons. The molecule has 0 atom stereocenters. The van der Waals surface area contributed by atoms with Crippen molar-refractivity contribution in [3.8, 4) is 0 Å². The molecule has 2 aliphatic rings. The fourth-order valence-corrected chi connectivity index (χ4v) is 3.98. The number of benzene rings is 1. The standard InChI is InChI=1S/C17H11N3OS2/c18-15-13(9-12-7-4-8-22-12)16(21)19-17-20(15)14(10-23-17)11-5-2-1-3-6-11/h1-10,18H/b13-9+,18-15?. The van der Waals surface area contributed by atoms with Crippen molar-refractivity contribution >= 4 is 51.8 Å². The second kappa shape index (κ2) is 5.64. The maximum atomic E-state index is 12.3. The third-order valence-corrected chi connectivity index (χ3v) is 5.16. The van der Waals surface area contributed by atoms with E-state index in [2.05, 4.69) is 4.99 Å². The van der Waals surface area contributed by atoms with Gasteiger partial charge in [-0.25, -0.2) is 0 Å². The number of thiophene rings is 1. The van der Waals surface area contributed by atoms with Crippen LogP contribution in [0.4, 0.5) is 0 Å². The van der Waals surface area contributed by atoms with Crippen LogP contribution >= 0.6 is 23.1 Å². The summed E-state index contributed by atoms with van der Waals surface area (Å²) in [6.07, 6.45) is 1.74. The van der Waals surface area contributed by atoms with Crippen LogP contribution in [0.5, 0.6) is 0 Å². The molecule has 0 unspecified atom stereocenters. The van der Waals surface area contributed by atoms with Gasteiger partial charge >= 0.3 is 0 Å². The minimum Gasteiger partial charge on any atom is -0.283 e. The van der Waals surface area contributed by atoms with Crippen molar-refractivity contribution in [3.05, 3.63) is 69.3 Å². The Morgan fingerprint density at radius 3 is 2.70 bits per heavy atom. The monoisotopic (exact) mass is 337 g/mol. The van der Waals surface area contributed by atoms with Crippen molar-refractivity contribution in [2.75, 3.05) is 0 Å². The van der Waals surface area contributed by atoms with Gasteiger partial charge in [0.25, 0.3) is 5.91 Å². The van der Waals surface area contributed by atoms with E-state index in [1.807, 2.05) is 53.3 Å². The summed E-state index contributed by atoms with van der Waals surface area (Å²) >= 11 is 2.91. The number of fused-ring (bicyclic) bond motifs is 1. The molecule has 1 aromatic heterocycles. The third-order valence-electron chi connectivity index (χ3n) is 3.51. The Bertz CT molecular complexity index is 880. The normalized spacial score (nSPS) is 19.0. The predicted molar refractivity (Wildman–Crippen MR) is 96.3 cm³/mol. The van der Waals surface area contributed by atoms with E-state index in [9.17, 15) is 4.79 Å². The number of thioether (sulfide) groups is 1. The van der Waals surface area contributed by atoms with Crippen LogP contribution in [0.25, 0.3) is 11.8 Å². The minimum atomic E-state index is -0.357. The maximum Gasteiger partial charge on any atom is 0.283 e. The topological polar surface area (TPSA) is 56.5 Å². The summed E-state index contributed by atoms with van der Waals surface area (Å²) in [7, 11) is 0. The Labute approximate surface area is 141 Å². The summed E-state index contributed by atoms with van der Waals surface area (Å²) in [5.41, 5.74) is 2.20. The molecule has 3 heterocycles. The zero-order chi connectivity index (χ0) is 15.8. The highest BCUT2D eigenvalue weighted by atomic mass is 32.2. The number of hydrogen-bond acceptors (Lipinski definition) is 4. The minimum absolute atomic E-state index is 0.175. The maximum absolute atomic E-state index is 12.3. The number of hydrogen-bond donors (Lipinski definition) is 1. The van der Waals surface area contributed by atoms with Gasteiger partial charge in [0, 0.05) is 10.3 Å². The van der Waals surface area contributed by atoms with Gasteiger partial charge in [-0.1, -0.05) is 48.2 Å². The second-order valence-corrected chi connectivity index (χ2v) is 6.76. The molecule has 0 aliphatic carbocycles. The zero-order valence-corrected chi connectivity index (χ0v) is 13.5. The lowest BCUT2D eigenvalue weighted by Crippen LogP contribution is -2.37. The first-order valence-corrected chi connectivity index (χ1v) is 8.69. The molecular formula is C17H11N3OS2. The molecule has 6 heteroatoms. The van der Waals surface area contributed by atoms with E-state index in [1.54, 1.807) is 11.0 Å². The van der Waals surface area contributed by atoms with Gasteiger partial charge < -0.3 is 0 Å². The third kappa shape index (κ3) is 2.46. The predicted octanol–water partition coefficient (Wildman–Crippen LogP) is 4.05. The van der Waals surface area contributed by atoms with Gasteiger partial charge in [-0.3, -0.25) is 15.1 Å². The molecule has 2 aliphatic heterocycles. The van der Waals surface area contributed by atoms with Crippen molar-refractivity contribution < 1.29 is 4.79 Å². The Balaban J connectivity index is 1.76. The molecule has 4 nitrogen and oxygen atoms in total. The van der Waals surface area contributed by atoms with Gasteiger partial charge in [-0.2, -0.15) is 4.99 Å². The fourth-order valence-electron chi connectivity index (χ4n) is 2.43. The number of carbonyl (C=O) groups excluding carboxylic acids is 1. The summed E-state index contributed by atoms with van der Waals surface area (Å²) in [5, 5.41) is 12.9. The average Bonchev–Trinajstić information content (AvgIpc) is 3.21. The van der Waals surface area contributed by atoms with E-state index in [0.717, 1.165) is 16.1 Å². The summed E-state index contributed by atoms with van der Waals surface area (Å²) in [6.45, 7) is 0. The molecule has 0 saturated carbocycles. The highest BCUT2D eigenvalue weighted by Gasteiger charge is 2.36. The lowest BCUT2D eigenvalue weighted by Gasteiger charge is -2.26. The smallest absolute Gasteiger partial charge is 0.283 e. The number of amidine groups is 2. The van der Waals surface area contributed by atoms with E-state index < -0.39 is 0 Å². The molecule has 4 rings (SSSR count). The Morgan fingerprint density at radius 2 is 1.96 bits per heavy atom. The van der Waals surface area contributed by atoms with Crippen molar-refractivity contribution in [2.24, 2.45) is 4.99 Å². The molecule has 112 valence electrons. The van der Waals surface area contributed by atoms with E-state index >= 15 is 0 Å². The number of aliphatic imine (C=N–C) groups is 1. The molecule has 1 amide bonds. The first-order valence-electron chi connectivity index (χ1n) is 6.93. The highest BCUT2D eigenvalue weighted by molar-refractivity contribution is 8.17. The van der Waals surface area contributed by atoms with Crippen molar-refractivity contribution in [2.45, 2.75) is 0 Å². The van der Waals surface area contributed by atoms with Crippen LogP contribution in [0.2, 0.25) is 0 Å². The van der Waals surface area contributed by atoms with Crippen LogP contribution in [0, 0.1) is 5.41 Å². The van der Waals surface area contributed by atoms with Crippen LogP contribution < -0.4 is 0 Å². The van der Waals surface area contributed by atoms with Crippen LogP contribution in [0.1, 0.15) is 10.4 Å². The van der Waals surface area contributed by atoms with Crippen LogP contribution in [0.15, 0.2) is 63.8 Å². The highest BCUT2D eigenvalue weighted by Crippen LogP contribution is 2.37. The van der Waals surface area contributed by atoms with Gasteiger partial charge in [0.1, 0.15) is 5.84 Å². The van der Waals surface area contributed by atoms with Gasteiger partial charge in [-0.15, -0.1) is 11.3 Å². The lowest BCUT2D eigenvalue weighted by molar-refractivity contribution is -0.114. The van der Waals surface area contributed by atoms with Crippen molar-refractivity contribution in [1.29, 1.82) is 5.41 Å². The summed E-state index contributed by atoms with van der Waals surface area (Å²) < 4.78 is 0. The average molecular weight is 337 g/mol. The van der Waals surface area contributed by atoms with Gasteiger partial charge in [0.05, 0.1) is 11.3 Å². The molecular weight excluding hydrogens is 326 g/mol. The summed E-state index contributed by atoms with van der Waals surface area (Å²) in [5.74, 6) is -0.182. The molecule has 23 heavy (non-hydrogen) atoms. The molecule has 0 bridgehead atoms. The number of nitrogens with one attached hydrogen (secondary N) is 1. The fraction of sp³-hybridized carbons (Fsp3) is 0. The van der Waals surface area contributed by atoms with E-state index in [1.165, 1.54) is 23.1 Å². The first-order chi connectivity index (χ1) is 11.2. The molecule has 2 aromatic rings. The number of rotatable bonds is 2. The molecule has 0 fully saturated rings. The van der Waals surface area contributed by atoms with Crippen LogP contribution in [-0.2, 0) is 4.79 Å². The Morgan fingerprint density at radius 1 is 1.13 bits per heavy atom. The quantitative estimate of drug-likeness (QED) is 0.841. The zero-order valence-electron chi connectivity index (χ0n) is 11.9. The summed E-state index contributed by atoms with van der Waals surface area (Å²) in [6, 6.07) is 13.7. The number of amides is 1. The molecule has 0 spiro atoms. The van der Waals surface area contributed by atoms with E-state index in [0.29, 0.717) is 10.7 Å². The van der Waals surface area contributed by atoms with E-state index in [4.69, 9.17) is 5.41 Å². The SMILES string of the molecule is N=C1/C(=C\c2cccs2)C(=O)N=C2SC=C(c3ccccc3)N12. The van der Waals surface area contributed by atoms with Crippen molar-refractivity contribution in [3.63, 3.8) is 0 Å². The number of nitrogens with zero attached hydrogens (tertiary/aromatic N) is 2. The van der Waals surface area contributed by atoms with Gasteiger partial charge in [0.2, 0.25) is 0 Å². The first kappa shape index (κ1) is 14.2. The van der Waals surface area contributed by atoms with Gasteiger partial charge in [-0.05, 0) is 23.1 Å². The lowest BCUT2D eigenvalue weighted by atomic mass is 10.1. The number of carbonyl (C=O) groups is 1. The van der Waals surface area contributed by atoms with Gasteiger partial charge in [0.15, 0.2) is 5.17 Å². The summed E-state index contributed by atoms with van der Waals surface area (Å²) in [4.78, 5) is 19.1. The van der Waals surface area contributed by atoms with Crippen LogP contribution in [0.3, 0.4) is 0 Å². The van der Waals surface area contributed by atoms with Crippen molar-refractivity contribution in [1.82, 2.24) is 4.90 Å². The second-order valence-electron chi connectivity index (χ2n) is 4.94. The van der Waals surface area contributed by atoms with E-state index in [-0.39, 0.29) is 11.7 Å². The van der Waals surface area contributed by atoms with Crippen LogP contribution in [-0.4, -0.2) is 21.8 Å². The molecule has 1 aromatic carbocycles. The molecule has 1 N–H and O–H groups in total. The Kier molecular flexibility index (Phi) is 3.48. The Hall–Kier alpha value is -2.44. The largest absolute Gasteiger partial charge is 0.283 e. The molecule has 0 saturated heterocycles.